The van der Waals surface area contributed by atoms with Crippen LogP contribution in [0.5, 0.6) is 0 Å². The monoisotopic (exact) mass is 309 g/mol. The predicted molar refractivity (Wildman–Crippen MR) is 90.5 cm³/mol. The molecular weight excluding hydrogens is 290 g/mol. The van der Waals surface area contributed by atoms with Crippen molar-refractivity contribution in [3.8, 4) is 6.07 Å². The highest BCUT2D eigenvalue weighted by Gasteiger charge is 2.20. The molecule has 0 saturated carbocycles. The Morgan fingerprint density at radius 3 is 2.48 bits per heavy atom. The number of hydrogen-bond acceptors (Lipinski definition) is 4. The molecule has 0 aliphatic rings. The summed E-state index contributed by atoms with van der Waals surface area (Å²) in [6.07, 6.45) is 0. The minimum atomic E-state index is -0.956. The molecule has 0 spiro atoms. The molecule has 1 unspecified atom stereocenters. The van der Waals surface area contributed by atoms with E-state index in [1.165, 1.54) is 0 Å². The van der Waals surface area contributed by atoms with Crippen LogP contribution in [-0.2, 0) is 4.79 Å². The van der Waals surface area contributed by atoms with Crippen molar-refractivity contribution in [2.45, 2.75) is 19.9 Å². The van der Waals surface area contributed by atoms with Crippen molar-refractivity contribution in [2.75, 3.05) is 17.2 Å². The van der Waals surface area contributed by atoms with Gasteiger partial charge in [0.25, 0.3) is 0 Å². The van der Waals surface area contributed by atoms with Crippen LogP contribution >= 0.6 is 0 Å². The van der Waals surface area contributed by atoms with E-state index in [9.17, 15) is 9.90 Å². The van der Waals surface area contributed by atoms with E-state index in [0.29, 0.717) is 16.8 Å². The summed E-state index contributed by atoms with van der Waals surface area (Å²) in [5.41, 5.74) is 3.76. The molecule has 0 saturated heterocycles. The number of nitrogens with one attached hydrogen (secondary N) is 2. The Labute approximate surface area is 135 Å². The molecule has 0 aliphatic carbocycles. The number of anilines is 2. The van der Waals surface area contributed by atoms with E-state index in [2.05, 4.69) is 10.6 Å². The van der Waals surface area contributed by atoms with Crippen molar-refractivity contribution in [3.63, 3.8) is 0 Å². The van der Waals surface area contributed by atoms with E-state index in [4.69, 9.17) is 5.26 Å². The molecule has 23 heavy (non-hydrogen) atoms. The molecule has 3 N–H and O–H groups in total. The summed E-state index contributed by atoms with van der Waals surface area (Å²) in [5.74, 6) is -0.956. The van der Waals surface area contributed by atoms with Crippen LogP contribution in [0.2, 0.25) is 0 Å². The van der Waals surface area contributed by atoms with Gasteiger partial charge in [-0.2, -0.15) is 5.26 Å². The van der Waals surface area contributed by atoms with Crippen LogP contribution in [0.25, 0.3) is 0 Å². The minimum Gasteiger partial charge on any atom is -0.479 e. The fourth-order valence-electron chi connectivity index (χ4n) is 2.38. The second-order valence-corrected chi connectivity index (χ2v) is 5.27. The van der Waals surface area contributed by atoms with Crippen LogP contribution in [0, 0.1) is 18.3 Å². The Kier molecular flexibility index (Phi) is 5.21. The topological polar surface area (TPSA) is 85.1 Å². The number of rotatable bonds is 6. The van der Waals surface area contributed by atoms with Gasteiger partial charge in [0, 0.05) is 17.9 Å². The van der Waals surface area contributed by atoms with Crippen molar-refractivity contribution in [1.29, 1.82) is 5.26 Å². The minimum absolute atomic E-state index is 0.535. The number of benzene rings is 2. The van der Waals surface area contributed by atoms with Crippen molar-refractivity contribution in [1.82, 2.24) is 0 Å². The first kappa shape index (κ1) is 16.4. The molecule has 2 rings (SSSR count). The van der Waals surface area contributed by atoms with E-state index in [1.54, 1.807) is 24.3 Å². The summed E-state index contributed by atoms with van der Waals surface area (Å²) < 4.78 is 0. The standard InChI is InChI=1S/C18H19N3O2/c1-3-20-16-9-12(2)8-14(10-16)17(18(22)23)21-15-6-4-13(11-19)5-7-15/h4-10,17,20-21H,3H2,1-2H3,(H,22,23). The lowest BCUT2D eigenvalue weighted by atomic mass is 10.0. The van der Waals surface area contributed by atoms with Gasteiger partial charge in [-0.1, -0.05) is 6.07 Å². The molecular formula is C18H19N3O2. The first-order chi connectivity index (χ1) is 11.0. The summed E-state index contributed by atoms with van der Waals surface area (Å²) in [6.45, 7) is 4.69. The van der Waals surface area contributed by atoms with Crippen LogP contribution < -0.4 is 10.6 Å². The lowest BCUT2D eigenvalue weighted by Crippen LogP contribution is -2.20. The average Bonchev–Trinajstić information content (AvgIpc) is 2.52. The van der Waals surface area contributed by atoms with Gasteiger partial charge in [-0.25, -0.2) is 4.79 Å². The summed E-state index contributed by atoms with van der Waals surface area (Å²) in [6, 6.07) is 13.6. The second kappa shape index (κ2) is 7.32. The van der Waals surface area contributed by atoms with Crippen LogP contribution in [-0.4, -0.2) is 17.6 Å². The van der Waals surface area contributed by atoms with Gasteiger partial charge >= 0.3 is 5.97 Å². The number of nitriles is 1. The van der Waals surface area contributed by atoms with Gasteiger partial charge in [-0.15, -0.1) is 0 Å². The number of hydrogen-bond donors (Lipinski definition) is 3. The first-order valence-corrected chi connectivity index (χ1v) is 7.38. The van der Waals surface area contributed by atoms with Gasteiger partial charge in [0.05, 0.1) is 11.6 Å². The molecule has 0 aliphatic heterocycles. The molecule has 1 atom stereocenters. The molecule has 0 radical (unpaired) electrons. The van der Waals surface area contributed by atoms with Crippen molar-refractivity contribution in [2.24, 2.45) is 0 Å². The highest BCUT2D eigenvalue weighted by Crippen LogP contribution is 2.24. The molecule has 118 valence electrons. The summed E-state index contributed by atoms with van der Waals surface area (Å²) >= 11 is 0. The van der Waals surface area contributed by atoms with Gasteiger partial charge < -0.3 is 15.7 Å². The van der Waals surface area contributed by atoms with Gasteiger partial charge in [-0.3, -0.25) is 0 Å². The molecule has 2 aromatic carbocycles. The number of carbonyl (C=O) groups is 1. The molecule has 5 heteroatoms. The molecule has 0 fully saturated rings. The average molecular weight is 309 g/mol. The van der Waals surface area contributed by atoms with Crippen LogP contribution in [0.1, 0.15) is 29.7 Å². The molecule has 0 aromatic heterocycles. The molecule has 5 nitrogen and oxygen atoms in total. The predicted octanol–water partition coefficient (Wildman–Crippen LogP) is 3.54. The Balaban J connectivity index is 2.31. The summed E-state index contributed by atoms with van der Waals surface area (Å²) in [5, 5.41) is 24.6. The summed E-state index contributed by atoms with van der Waals surface area (Å²) in [4.78, 5) is 11.7. The number of carboxylic acid groups (broad SMARTS) is 1. The normalized spacial score (nSPS) is 11.3. The fourth-order valence-corrected chi connectivity index (χ4v) is 2.38. The number of aliphatic carboxylic acids is 1. The number of aryl methyl sites for hydroxylation is 1. The van der Waals surface area contributed by atoms with Crippen molar-refractivity contribution >= 4 is 17.3 Å². The largest absolute Gasteiger partial charge is 0.479 e. The van der Waals surface area contributed by atoms with E-state index in [-0.39, 0.29) is 0 Å². The first-order valence-electron chi connectivity index (χ1n) is 7.38. The van der Waals surface area contributed by atoms with E-state index in [0.717, 1.165) is 17.8 Å². The zero-order valence-electron chi connectivity index (χ0n) is 13.1. The Bertz CT molecular complexity index is 733. The van der Waals surface area contributed by atoms with Crippen LogP contribution in [0.15, 0.2) is 42.5 Å². The van der Waals surface area contributed by atoms with E-state index in [1.807, 2.05) is 38.1 Å². The van der Waals surface area contributed by atoms with Crippen LogP contribution in [0.3, 0.4) is 0 Å². The van der Waals surface area contributed by atoms with E-state index < -0.39 is 12.0 Å². The molecule has 2 aromatic rings. The number of carboxylic acids is 1. The second-order valence-electron chi connectivity index (χ2n) is 5.27. The third-order valence-electron chi connectivity index (χ3n) is 3.39. The maximum absolute atomic E-state index is 11.7. The zero-order chi connectivity index (χ0) is 16.8. The van der Waals surface area contributed by atoms with E-state index >= 15 is 0 Å². The Morgan fingerprint density at radius 1 is 1.22 bits per heavy atom. The lowest BCUT2D eigenvalue weighted by Gasteiger charge is -2.18. The molecule has 0 amide bonds. The highest BCUT2D eigenvalue weighted by molar-refractivity contribution is 5.80. The van der Waals surface area contributed by atoms with Crippen molar-refractivity contribution < 1.29 is 9.90 Å². The molecule has 0 bridgehead atoms. The van der Waals surface area contributed by atoms with Gasteiger partial charge in [0.2, 0.25) is 0 Å². The third-order valence-corrected chi connectivity index (χ3v) is 3.39. The number of nitrogens with zero attached hydrogens (tertiary/aromatic N) is 1. The quantitative estimate of drug-likeness (QED) is 0.760. The fraction of sp³-hybridized carbons (Fsp3) is 0.222. The van der Waals surface area contributed by atoms with Gasteiger partial charge in [0.15, 0.2) is 6.04 Å². The van der Waals surface area contributed by atoms with Crippen LogP contribution in [0.4, 0.5) is 11.4 Å². The zero-order valence-corrected chi connectivity index (χ0v) is 13.1. The Hall–Kier alpha value is -3.00. The maximum atomic E-state index is 11.7. The maximum Gasteiger partial charge on any atom is 0.330 e. The lowest BCUT2D eigenvalue weighted by molar-refractivity contribution is -0.138. The van der Waals surface area contributed by atoms with Gasteiger partial charge in [-0.05, 0) is 61.4 Å². The Morgan fingerprint density at radius 2 is 1.91 bits per heavy atom. The summed E-state index contributed by atoms with van der Waals surface area (Å²) in [7, 11) is 0. The van der Waals surface area contributed by atoms with Crippen molar-refractivity contribution in [3.05, 3.63) is 59.2 Å². The molecule has 0 heterocycles. The van der Waals surface area contributed by atoms with Gasteiger partial charge in [0.1, 0.15) is 0 Å². The SMILES string of the molecule is CCNc1cc(C)cc(C(Nc2ccc(C#N)cc2)C(=O)O)c1. The highest BCUT2D eigenvalue weighted by atomic mass is 16.4. The third kappa shape index (κ3) is 4.24. The smallest absolute Gasteiger partial charge is 0.330 e.